The molecule has 5 rings (SSSR count). The first-order valence-corrected chi connectivity index (χ1v) is 15.7. The number of fused-ring (bicyclic) bond motifs is 1. The van der Waals surface area contributed by atoms with E-state index in [9.17, 15) is 0 Å². The summed E-state index contributed by atoms with van der Waals surface area (Å²) in [6.07, 6.45) is 0. The Morgan fingerprint density at radius 3 is 1.83 bits per heavy atom. The topological polar surface area (TPSA) is 0 Å². The van der Waals surface area contributed by atoms with Crippen LogP contribution in [0.15, 0.2) is 66.7 Å². The van der Waals surface area contributed by atoms with E-state index in [-0.39, 0.29) is 0 Å². The maximum atomic E-state index is 3.80. The molecule has 0 bridgehead atoms. The van der Waals surface area contributed by atoms with E-state index in [0.717, 1.165) is 0 Å². The van der Waals surface area contributed by atoms with Crippen molar-refractivity contribution in [3.05, 3.63) is 103 Å². The van der Waals surface area contributed by atoms with Gasteiger partial charge < -0.3 is 0 Å². The van der Waals surface area contributed by atoms with Gasteiger partial charge in [0, 0.05) is 0 Å². The third-order valence-corrected chi connectivity index (χ3v) is 14.6. The number of benzene rings is 2. The fourth-order valence-electron chi connectivity index (χ4n) is 4.59. The van der Waals surface area contributed by atoms with Crippen LogP contribution in [0.5, 0.6) is 0 Å². The standard InChI is InChI=1S/C26H23PS2Se/c1-16-14-22(18(3)28-16)25-21-12-8-9-13-24(21)27(30,20-10-6-5-7-11-20)26(25)23-15-17(2)29-19(23)4/h5-15H,1-4H3. The Balaban J connectivity index is 1.97. The summed E-state index contributed by atoms with van der Waals surface area (Å²) >= 11 is 7.61. The van der Waals surface area contributed by atoms with Gasteiger partial charge >= 0.3 is 195 Å². The van der Waals surface area contributed by atoms with Gasteiger partial charge in [-0.05, 0) is 0 Å². The van der Waals surface area contributed by atoms with Gasteiger partial charge in [0.15, 0.2) is 0 Å². The third kappa shape index (κ3) is 3.03. The molecule has 0 amide bonds. The van der Waals surface area contributed by atoms with Crippen molar-refractivity contribution in [2.24, 2.45) is 0 Å². The van der Waals surface area contributed by atoms with Crippen LogP contribution in [0.1, 0.15) is 36.2 Å². The second-order valence-electron chi connectivity index (χ2n) is 7.84. The van der Waals surface area contributed by atoms with E-state index in [4.69, 9.17) is 0 Å². The molecular weight excluding hydrogens is 486 g/mol. The minimum absolute atomic E-state index is 1.38. The molecule has 0 aliphatic carbocycles. The van der Waals surface area contributed by atoms with Gasteiger partial charge in [0.25, 0.3) is 0 Å². The van der Waals surface area contributed by atoms with Gasteiger partial charge in [-0.2, -0.15) is 0 Å². The first-order chi connectivity index (χ1) is 14.4. The van der Waals surface area contributed by atoms with Gasteiger partial charge in [0.2, 0.25) is 0 Å². The average Bonchev–Trinajstić information content (AvgIpc) is 3.33. The molecule has 1 unspecified atom stereocenters. The van der Waals surface area contributed by atoms with E-state index < -0.39 is 5.51 Å². The van der Waals surface area contributed by atoms with Gasteiger partial charge in [0.05, 0.1) is 0 Å². The molecule has 1 atom stereocenters. The summed E-state index contributed by atoms with van der Waals surface area (Å²) in [5.74, 6) is 0. The molecule has 0 spiro atoms. The summed E-state index contributed by atoms with van der Waals surface area (Å²) in [6.45, 7) is 9.00. The van der Waals surface area contributed by atoms with E-state index in [0.29, 0.717) is 0 Å². The predicted octanol–water partition coefficient (Wildman–Crippen LogP) is 7.03. The van der Waals surface area contributed by atoms with Crippen LogP contribution < -0.4 is 10.6 Å². The normalized spacial score (nSPS) is 18.1. The molecule has 0 radical (unpaired) electrons. The van der Waals surface area contributed by atoms with Crippen LogP contribution in [0.3, 0.4) is 0 Å². The Bertz CT molecular complexity index is 1350. The fraction of sp³-hybridized carbons (Fsp3) is 0.154. The van der Waals surface area contributed by atoms with Crippen LogP contribution in [-0.4, -0.2) is 15.1 Å². The summed E-state index contributed by atoms with van der Waals surface area (Å²) in [6, 6.07) is 25.0. The van der Waals surface area contributed by atoms with Crippen molar-refractivity contribution in [1.82, 2.24) is 0 Å². The van der Waals surface area contributed by atoms with Crippen LogP contribution in [0.2, 0.25) is 0 Å². The molecule has 3 heterocycles. The Labute approximate surface area is 194 Å². The van der Waals surface area contributed by atoms with E-state index in [2.05, 4.69) is 110 Å². The molecule has 1 aliphatic rings. The van der Waals surface area contributed by atoms with E-state index >= 15 is 0 Å². The molecule has 30 heavy (non-hydrogen) atoms. The third-order valence-electron chi connectivity index (χ3n) is 5.79. The van der Waals surface area contributed by atoms with E-state index in [1.54, 1.807) is 0 Å². The van der Waals surface area contributed by atoms with Crippen molar-refractivity contribution in [2.45, 2.75) is 27.7 Å². The molecule has 0 N–H and O–H groups in total. The van der Waals surface area contributed by atoms with Crippen LogP contribution in [-0.2, 0) is 0 Å². The summed E-state index contributed by atoms with van der Waals surface area (Å²) in [7, 11) is 0. The molecule has 1 aliphatic heterocycles. The van der Waals surface area contributed by atoms with Crippen LogP contribution in [0.25, 0.3) is 10.9 Å². The molecule has 0 saturated carbocycles. The second kappa shape index (κ2) is 7.59. The van der Waals surface area contributed by atoms with Crippen LogP contribution in [0.4, 0.5) is 0 Å². The van der Waals surface area contributed by atoms with Crippen LogP contribution >= 0.6 is 28.2 Å². The number of aryl methyl sites for hydroxylation is 4. The van der Waals surface area contributed by atoms with Crippen molar-refractivity contribution in [3.63, 3.8) is 0 Å². The Kier molecular flexibility index (Phi) is 5.17. The van der Waals surface area contributed by atoms with Gasteiger partial charge in [-0.3, -0.25) is 0 Å². The summed E-state index contributed by atoms with van der Waals surface area (Å²) in [5, 5.41) is 4.39. The molecule has 0 fully saturated rings. The molecule has 150 valence electrons. The zero-order valence-corrected chi connectivity index (χ0v) is 21.8. The van der Waals surface area contributed by atoms with Gasteiger partial charge in [-0.15, -0.1) is 0 Å². The first-order valence-electron chi connectivity index (χ1n) is 10.1. The number of hydrogen-bond donors (Lipinski definition) is 0. The Morgan fingerprint density at radius 1 is 0.667 bits per heavy atom. The summed E-state index contributed by atoms with van der Waals surface area (Å²) < 4.78 is 0. The van der Waals surface area contributed by atoms with Crippen LogP contribution in [0, 0.1) is 27.7 Å². The number of hydrogen-bond acceptors (Lipinski definition) is 2. The van der Waals surface area contributed by atoms with Crippen molar-refractivity contribution in [2.75, 3.05) is 0 Å². The molecule has 4 aromatic rings. The van der Waals surface area contributed by atoms with E-state index in [1.807, 2.05) is 22.7 Å². The van der Waals surface area contributed by atoms with E-state index in [1.165, 1.54) is 57.7 Å². The molecule has 0 saturated heterocycles. The zero-order valence-electron chi connectivity index (χ0n) is 17.5. The molecule has 4 heteroatoms. The average molecular weight is 510 g/mol. The minimum atomic E-state index is -1.87. The Hall–Kier alpha value is -1.47. The second-order valence-corrected chi connectivity index (χ2v) is 16.9. The predicted molar refractivity (Wildman–Crippen MR) is 138 cm³/mol. The molecule has 0 nitrogen and oxygen atoms in total. The fourth-order valence-corrected chi connectivity index (χ4v) is 12.8. The SMILES string of the molecule is Cc1cc(C2=C(c3cc(C)sc3C)P(=[Se])(c3ccccc3)c3ccccc32)c(C)s1. The summed E-state index contributed by atoms with van der Waals surface area (Å²) in [5.41, 5.74) is 3.77. The van der Waals surface area contributed by atoms with Gasteiger partial charge in [0.1, 0.15) is 0 Å². The Morgan fingerprint density at radius 2 is 1.23 bits per heavy atom. The number of rotatable bonds is 3. The maximum absolute atomic E-state index is 3.80. The summed E-state index contributed by atoms with van der Waals surface area (Å²) in [4.78, 5) is 5.57. The van der Waals surface area contributed by atoms with Crippen molar-refractivity contribution < 1.29 is 0 Å². The molecule has 2 aromatic carbocycles. The van der Waals surface area contributed by atoms with Gasteiger partial charge in [-0.1, -0.05) is 0 Å². The number of thiophene rings is 2. The quantitative estimate of drug-likeness (QED) is 0.206. The van der Waals surface area contributed by atoms with Crippen molar-refractivity contribution in [3.8, 4) is 0 Å². The molecule has 2 aromatic heterocycles. The zero-order chi connectivity index (χ0) is 21.0. The monoisotopic (exact) mass is 510 g/mol. The molecular formula is C26H23PS2Se. The van der Waals surface area contributed by atoms with Crippen molar-refractivity contribution >= 4 is 64.8 Å². The van der Waals surface area contributed by atoms with Crippen molar-refractivity contribution in [1.29, 1.82) is 0 Å². The first kappa shape index (κ1) is 20.4. The van der Waals surface area contributed by atoms with Gasteiger partial charge in [-0.25, -0.2) is 0 Å².